The molecule has 0 N–H and O–H groups in total. The Hall–Kier alpha value is -0.730. The molecule has 0 amide bonds. The first kappa shape index (κ1) is 11.3. The molecule has 14 heavy (non-hydrogen) atoms. The molecule has 1 aliphatic rings. The third kappa shape index (κ3) is 2.89. The van der Waals surface area contributed by atoms with Gasteiger partial charge in [0.2, 0.25) is 0 Å². The summed E-state index contributed by atoms with van der Waals surface area (Å²) in [5, 5.41) is 0. The monoisotopic (exact) mass is 200 g/mol. The Morgan fingerprint density at radius 3 is 2.36 bits per heavy atom. The molecule has 82 valence electrons. The molecule has 3 heteroatoms. The van der Waals surface area contributed by atoms with Crippen molar-refractivity contribution in [2.75, 3.05) is 6.61 Å². The first-order chi connectivity index (χ1) is 6.72. The van der Waals surface area contributed by atoms with Crippen molar-refractivity contribution in [1.29, 1.82) is 0 Å². The van der Waals surface area contributed by atoms with Crippen LogP contribution in [0.1, 0.15) is 52.4 Å². The molecule has 0 radical (unpaired) electrons. The molecule has 0 aliphatic heterocycles. The summed E-state index contributed by atoms with van der Waals surface area (Å²) in [6, 6.07) is 0. The molecule has 0 heterocycles. The predicted octanol–water partition coefficient (Wildman–Crippen LogP) is 3.27. The Morgan fingerprint density at radius 1 is 1.21 bits per heavy atom. The Balaban J connectivity index is 2.47. The van der Waals surface area contributed by atoms with Gasteiger partial charge in [-0.3, -0.25) is 0 Å². The highest BCUT2D eigenvalue weighted by atomic mass is 16.7. The number of hydrogen-bond acceptors (Lipinski definition) is 3. The topological polar surface area (TPSA) is 35.5 Å². The maximum absolute atomic E-state index is 11.2. The summed E-state index contributed by atoms with van der Waals surface area (Å²) in [4.78, 5) is 11.2. The van der Waals surface area contributed by atoms with Crippen LogP contribution in [0.2, 0.25) is 0 Å². The van der Waals surface area contributed by atoms with Gasteiger partial charge < -0.3 is 9.47 Å². The van der Waals surface area contributed by atoms with Crippen LogP contribution in [0.5, 0.6) is 0 Å². The third-order valence-corrected chi connectivity index (χ3v) is 2.97. The van der Waals surface area contributed by atoms with Gasteiger partial charge in [-0.1, -0.05) is 13.3 Å². The summed E-state index contributed by atoms with van der Waals surface area (Å²) in [6.45, 7) is 4.25. The van der Waals surface area contributed by atoms with Crippen molar-refractivity contribution in [3.05, 3.63) is 0 Å². The molecule has 0 aromatic heterocycles. The van der Waals surface area contributed by atoms with Crippen molar-refractivity contribution in [1.82, 2.24) is 0 Å². The molecular formula is C11H20O3. The van der Waals surface area contributed by atoms with Crippen LogP contribution in [-0.4, -0.2) is 18.4 Å². The molecule has 0 unspecified atom stereocenters. The first-order valence-corrected chi connectivity index (χ1v) is 5.58. The highest BCUT2D eigenvalue weighted by Crippen LogP contribution is 2.34. The molecule has 0 aromatic carbocycles. The smallest absolute Gasteiger partial charge is 0.435 e. The number of rotatable bonds is 3. The lowest BCUT2D eigenvalue weighted by atomic mass is 9.83. The lowest BCUT2D eigenvalue weighted by Crippen LogP contribution is -2.36. The van der Waals surface area contributed by atoms with Gasteiger partial charge in [0, 0.05) is 0 Å². The Labute approximate surface area is 85.8 Å². The van der Waals surface area contributed by atoms with Crippen molar-refractivity contribution in [3.63, 3.8) is 0 Å². The highest BCUT2D eigenvalue weighted by molar-refractivity contribution is 5.60. The average molecular weight is 200 g/mol. The quantitative estimate of drug-likeness (QED) is 0.656. The molecule has 1 fully saturated rings. The highest BCUT2D eigenvalue weighted by Gasteiger charge is 2.34. The maximum Gasteiger partial charge on any atom is 0.508 e. The fraction of sp³-hybridized carbons (Fsp3) is 0.909. The minimum Gasteiger partial charge on any atom is -0.435 e. The minimum absolute atomic E-state index is 0.232. The summed E-state index contributed by atoms with van der Waals surface area (Å²) in [5.41, 5.74) is -0.232. The molecule has 0 bridgehead atoms. The average Bonchev–Trinajstić information content (AvgIpc) is 2.19. The molecule has 1 rings (SSSR count). The normalized spacial score (nSPS) is 20.1. The zero-order valence-electron chi connectivity index (χ0n) is 9.17. The second-order valence-corrected chi connectivity index (χ2v) is 3.88. The Morgan fingerprint density at radius 2 is 1.86 bits per heavy atom. The van der Waals surface area contributed by atoms with Gasteiger partial charge in [0.25, 0.3) is 0 Å². The zero-order chi connectivity index (χ0) is 10.4. The van der Waals surface area contributed by atoms with Crippen molar-refractivity contribution >= 4 is 6.16 Å². The number of carbonyl (C=O) groups excluding carboxylic acids is 1. The van der Waals surface area contributed by atoms with Crippen LogP contribution in [0.25, 0.3) is 0 Å². The molecule has 3 nitrogen and oxygen atoms in total. The Kier molecular flexibility index (Phi) is 4.23. The standard InChI is InChI=1S/C11H20O3/c1-3-11(8-6-5-7-9-11)14-10(12)13-4-2/h3-9H2,1-2H3. The van der Waals surface area contributed by atoms with Crippen molar-refractivity contribution in [3.8, 4) is 0 Å². The largest absolute Gasteiger partial charge is 0.508 e. The van der Waals surface area contributed by atoms with E-state index >= 15 is 0 Å². The third-order valence-electron chi connectivity index (χ3n) is 2.97. The predicted molar refractivity (Wildman–Crippen MR) is 54.2 cm³/mol. The lowest BCUT2D eigenvalue weighted by molar-refractivity contribution is -0.0557. The van der Waals surface area contributed by atoms with Crippen LogP contribution < -0.4 is 0 Å². The van der Waals surface area contributed by atoms with Crippen LogP contribution in [-0.2, 0) is 9.47 Å². The van der Waals surface area contributed by atoms with Crippen molar-refractivity contribution in [2.24, 2.45) is 0 Å². The van der Waals surface area contributed by atoms with E-state index in [2.05, 4.69) is 6.92 Å². The molecule has 0 saturated heterocycles. The summed E-state index contributed by atoms with van der Waals surface area (Å²) in [6.07, 6.45) is 5.95. The second kappa shape index (κ2) is 5.23. The first-order valence-electron chi connectivity index (χ1n) is 5.58. The van der Waals surface area contributed by atoms with Crippen LogP contribution in [0.15, 0.2) is 0 Å². The van der Waals surface area contributed by atoms with Gasteiger partial charge >= 0.3 is 6.16 Å². The van der Waals surface area contributed by atoms with Crippen molar-refractivity contribution < 1.29 is 14.3 Å². The van der Waals surface area contributed by atoms with Gasteiger partial charge in [-0.25, -0.2) is 4.79 Å². The number of hydrogen-bond donors (Lipinski definition) is 0. The van der Waals surface area contributed by atoms with E-state index < -0.39 is 6.16 Å². The lowest BCUT2D eigenvalue weighted by Gasteiger charge is -2.35. The Bertz CT molecular complexity index is 183. The zero-order valence-corrected chi connectivity index (χ0v) is 9.17. The summed E-state index contributed by atoms with van der Waals surface area (Å²) >= 11 is 0. The number of carbonyl (C=O) groups is 1. The van der Waals surface area contributed by atoms with E-state index in [1.54, 1.807) is 6.92 Å². The van der Waals surface area contributed by atoms with E-state index in [4.69, 9.17) is 9.47 Å². The van der Waals surface area contributed by atoms with Crippen molar-refractivity contribution in [2.45, 2.75) is 58.0 Å². The molecule has 1 saturated carbocycles. The van der Waals surface area contributed by atoms with Crippen LogP contribution >= 0.6 is 0 Å². The fourth-order valence-corrected chi connectivity index (χ4v) is 2.05. The molecule has 0 aromatic rings. The van der Waals surface area contributed by atoms with Crippen LogP contribution in [0.3, 0.4) is 0 Å². The molecule has 0 atom stereocenters. The van der Waals surface area contributed by atoms with E-state index in [0.717, 1.165) is 32.1 Å². The maximum atomic E-state index is 11.2. The van der Waals surface area contributed by atoms with Gasteiger partial charge in [-0.05, 0) is 39.0 Å². The second-order valence-electron chi connectivity index (χ2n) is 3.88. The SMILES string of the molecule is CCOC(=O)OC1(CC)CCCCC1. The summed E-state index contributed by atoms with van der Waals surface area (Å²) < 4.78 is 10.2. The van der Waals surface area contributed by atoms with E-state index in [-0.39, 0.29) is 5.60 Å². The molecule has 1 aliphatic carbocycles. The summed E-state index contributed by atoms with van der Waals surface area (Å²) in [5.74, 6) is 0. The fourth-order valence-electron chi connectivity index (χ4n) is 2.05. The van der Waals surface area contributed by atoms with Gasteiger partial charge in [0.15, 0.2) is 0 Å². The van der Waals surface area contributed by atoms with E-state index in [9.17, 15) is 4.79 Å². The molecular weight excluding hydrogens is 180 g/mol. The van der Waals surface area contributed by atoms with Gasteiger partial charge in [0.1, 0.15) is 5.60 Å². The minimum atomic E-state index is -0.503. The van der Waals surface area contributed by atoms with E-state index in [0.29, 0.717) is 6.61 Å². The van der Waals surface area contributed by atoms with Crippen LogP contribution in [0, 0.1) is 0 Å². The van der Waals surface area contributed by atoms with E-state index in [1.165, 1.54) is 6.42 Å². The van der Waals surface area contributed by atoms with Crippen LogP contribution in [0.4, 0.5) is 4.79 Å². The molecule has 0 spiro atoms. The van der Waals surface area contributed by atoms with E-state index in [1.807, 2.05) is 0 Å². The van der Waals surface area contributed by atoms with Gasteiger partial charge in [-0.15, -0.1) is 0 Å². The number of ether oxygens (including phenoxy) is 2. The van der Waals surface area contributed by atoms with Gasteiger partial charge in [-0.2, -0.15) is 0 Å². The summed E-state index contributed by atoms with van der Waals surface area (Å²) in [7, 11) is 0. The van der Waals surface area contributed by atoms with Gasteiger partial charge in [0.05, 0.1) is 6.61 Å².